The molecule has 1 fully saturated rings. The number of primary amides is 1. The minimum absolute atomic E-state index is 0.00328. The Hall–Kier alpha value is -1.89. The van der Waals surface area contributed by atoms with Crippen LogP contribution in [0.3, 0.4) is 0 Å². The molecule has 20 heavy (non-hydrogen) atoms. The third-order valence-electron chi connectivity index (χ3n) is 3.60. The van der Waals surface area contributed by atoms with Crippen molar-refractivity contribution in [2.45, 2.75) is 50.6 Å². The topological polar surface area (TPSA) is 116 Å². The first-order chi connectivity index (χ1) is 9.47. The van der Waals surface area contributed by atoms with Crippen LogP contribution in [0.4, 0.5) is 5.69 Å². The summed E-state index contributed by atoms with van der Waals surface area (Å²) in [5, 5.41) is 6.70. The van der Waals surface area contributed by atoms with Crippen molar-refractivity contribution < 1.29 is 9.59 Å². The summed E-state index contributed by atoms with van der Waals surface area (Å²) in [4.78, 5) is 22.8. The number of anilines is 1. The van der Waals surface area contributed by atoms with Crippen molar-refractivity contribution in [1.82, 2.24) is 9.78 Å². The number of nitrogens with one attached hydrogen (secondary N) is 1. The van der Waals surface area contributed by atoms with Gasteiger partial charge < -0.3 is 16.8 Å². The predicted octanol–water partition coefficient (Wildman–Crippen LogP) is 0.359. The van der Waals surface area contributed by atoms with Gasteiger partial charge >= 0.3 is 0 Å². The first-order valence-electron chi connectivity index (χ1n) is 6.86. The molecule has 0 aromatic carbocycles. The number of carbonyl (C=O) groups is 2. The van der Waals surface area contributed by atoms with Gasteiger partial charge in [-0.1, -0.05) is 19.3 Å². The lowest BCUT2D eigenvalue weighted by Crippen LogP contribution is -2.44. The maximum atomic E-state index is 12.0. The normalized spacial score (nSPS) is 17.6. The van der Waals surface area contributed by atoms with Crippen molar-refractivity contribution in [3.63, 3.8) is 0 Å². The van der Waals surface area contributed by atoms with E-state index in [1.807, 2.05) is 0 Å². The summed E-state index contributed by atoms with van der Waals surface area (Å²) < 4.78 is 1.39. The summed E-state index contributed by atoms with van der Waals surface area (Å²) in [6, 6.07) is 0. The number of hydrogen-bond acceptors (Lipinski definition) is 4. The molecular weight excluding hydrogens is 258 g/mol. The van der Waals surface area contributed by atoms with Crippen LogP contribution >= 0.6 is 0 Å². The molecule has 1 saturated carbocycles. The van der Waals surface area contributed by atoms with Crippen molar-refractivity contribution >= 4 is 17.5 Å². The molecule has 0 radical (unpaired) electrons. The highest BCUT2D eigenvalue weighted by Crippen LogP contribution is 2.28. The molecule has 7 heteroatoms. The standard InChI is InChI=1S/C13H21N5O2/c14-11(19)9-18-8-10(7-16-18)17-12(20)6-13(15)4-2-1-3-5-13/h7-8H,1-6,9,15H2,(H2,14,19)(H,17,20). The van der Waals surface area contributed by atoms with Crippen LogP contribution in [0.15, 0.2) is 12.4 Å². The van der Waals surface area contributed by atoms with E-state index in [0.29, 0.717) is 12.1 Å². The smallest absolute Gasteiger partial charge is 0.239 e. The molecule has 1 aliphatic rings. The van der Waals surface area contributed by atoms with Gasteiger partial charge in [0.1, 0.15) is 6.54 Å². The van der Waals surface area contributed by atoms with Crippen molar-refractivity contribution in [2.75, 3.05) is 5.32 Å². The van der Waals surface area contributed by atoms with Crippen molar-refractivity contribution in [2.24, 2.45) is 11.5 Å². The van der Waals surface area contributed by atoms with E-state index in [0.717, 1.165) is 25.7 Å². The lowest BCUT2D eigenvalue weighted by atomic mass is 9.80. The number of carbonyl (C=O) groups excluding carboxylic acids is 2. The fraction of sp³-hybridized carbons (Fsp3) is 0.615. The molecule has 2 amide bonds. The van der Waals surface area contributed by atoms with Crippen LogP contribution in [-0.4, -0.2) is 27.1 Å². The second kappa shape index (κ2) is 6.04. The Morgan fingerprint density at radius 1 is 1.35 bits per heavy atom. The van der Waals surface area contributed by atoms with Gasteiger partial charge in [0.15, 0.2) is 0 Å². The Balaban J connectivity index is 1.87. The SMILES string of the molecule is NC(=O)Cn1cc(NC(=O)CC2(N)CCCCC2)cn1. The molecule has 0 unspecified atom stereocenters. The highest BCUT2D eigenvalue weighted by atomic mass is 16.2. The number of amides is 2. The van der Waals surface area contributed by atoms with Crippen LogP contribution < -0.4 is 16.8 Å². The van der Waals surface area contributed by atoms with Crippen LogP contribution in [0.1, 0.15) is 38.5 Å². The van der Waals surface area contributed by atoms with E-state index in [9.17, 15) is 9.59 Å². The number of aromatic nitrogens is 2. The van der Waals surface area contributed by atoms with Crippen LogP contribution in [0.5, 0.6) is 0 Å². The van der Waals surface area contributed by atoms with E-state index in [2.05, 4.69) is 10.4 Å². The lowest BCUT2D eigenvalue weighted by Gasteiger charge is -2.32. The molecule has 1 aromatic rings. The number of rotatable bonds is 5. The Kier molecular flexibility index (Phi) is 4.39. The van der Waals surface area contributed by atoms with E-state index in [1.54, 1.807) is 6.20 Å². The Morgan fingerprint density at radius 3 is 2.70 bits per heavy atom. The van der Waals surface area contributed by atoms with Gasteiger partial charge in [-0.2, -0.15) is 5.10 Å². The summed E-state index contributed by atoms with van der Waals surface area (Å²) in [6.07, 6.45) is 8.52. The minimum atomic E-state index is -0.478. The lowest BCUT2D eigenvalue weighted by molar-refractivity contribution is -0.119. The number of hydrogen-bond donors (Lipinski definition) is 3. The monoisotopic (exact) mass is 279 g/mol. The zero-order chi connectivity index (χ0) is 14.6. The van der Waals surface area contributed by atoms with E-state index in [1.165, 1.54) is 17.3 Å². The molecule has 110 valence electrons. The molecule has 5 N–H and O–H groups in total. The molecule has 2 rings (SSSR count). The second-order valence-electron chi connectivity index (χ2n) is 5.54. The Bertz CT molecular complexity index is 491. The largest absolute Gasteiger partial charge is 0.368 e. The highest BCUT2D eigenvalue weighted by molar-refractivity contribution is 5.91. The van der Waals surface area contributed by atoms with Gasteiger partial charge in [-0.05, 0) is 12.8 Å². The summed E-state index contributed by atoms with van der Waals surface area (Å²) in [5.41, 5.74) is 11.5. The molecule has 0 saturated heterocycles. The van der Waals surface area contributed by atoms with E-state index < -0.39 is 5.91 Å². The van der Waals surface area contributed by atoms with Crippen LogP contribution in [0.2, 0.25) is 0 Å². The first kappa shape index (κ1) is 14.5. The van der Waals surface area contributed by atoms with Crippen molar-refractivity contribution in [3.8, 4) is 0 Å². The maximum absolute atomic E-state index is 12.0. The summed E-state index contributed by atoms with van der Waals surface area (Å²) in [7, 11) is 0. The van der Waals surface area contributed by atoms with E-state index in [4.69, 9.17) is 11.5 Å². The van der Waals surface area contributed by atoms with Crippen LogP contribution in [0, 0.1) is 0 Å². The van der Waals surface area contributed by atoms with Gasteiger partial charge in [-0.25, -0.2) is 0 Å². The third kappa shape index (κ3) is 4.06. The molecule has 1 heterocycles. The highest BCUT2D eigenvalue weighted by Gasteiger charge is 2.30. The predicted molar refractivity (Wildman–Crippen MR) is 74.7 cm³/mol. The third-order valence-corrected chi connectivity index (χ3v) is 3.60. The van der Waals surface area contributed by atoms with Gasteiger partial charge in [-0.3, -0.25) is 14.3 Å². The second-order valence-corrected chi connectivity index (χ2v) is 5.54. The summed E-state index contributed by atoms with van der Waals surface area (Å²) in [5.74, 6) is -0.595. The zero-order valence-corrected chi connectivity index (χ0v) is 11.5. The Labute approximate surface area is 117 Å². The molecule has 1 aliphatic carbocycles. The molecule has 0 atom stereocenters. The fourth-order valence-electron chi connectivity index (χ4n) is 2.63. The quantitative estimate of drug-likeness (QED) is 0.721. The van der Waals surface area contributed by atoms with Crippen LogP contribution in [-0.2, 0) is 16.1 Å². The average Bonchev–Trinajstić information content (AvgIpc) is 2.75. The molecule has 1 aromatic heterocycles. The zero-order valence-electron chi connectivity index (χ0n) is 11.5. The van der Waals surface area contributed by atoms with Crippen molar-refractivity contribution in [1.29, 1.82) is 0 Å². The molecular formula is C13H21N5O2. The fourth-order valence-corrected chi connectivity index (χ4v) is 2.63. The van der Waals surface area contributed by atoms with Gasteiger partial charge in [0.25, 0.3) is 0 Å². The average molecular weight is 279 g/mol. The molecule has 7 nitrogen and oxygen atoms in total. The summed E-state index contributed by atoms with van der Waals surface area (Å²) >= 11 is 0. The van der Waals surface area contributed by atoms with E-state index >= 15 is 0 Å². The van der Waals surface area contributed by atoms with Gasteiger partial charge in [-0.15, -0.1) is 0 Å². The number of nitrogens with zero attached hydrogens (tertiary/aromatic N) is 2. The van der Waals surface area contributed by atoms with Gasteiger partial charge in [0.05, 0.1) is 11.9 Å². The first-order valence-corrected chi connectivity index (χ1v) is 6.86. The van der Waals surface area contributed by atoms with Gasteiger partial charge in [0.2, 0.25) is 11.8 Å². The van der Waals surface area contributed by atoms with Gasteiger partial charge in [0, 0.05) is 18.2 Å². The summed E-state index contributed by atoms with van der Waals surface area (Å²) in [6.45, 7) is -0.00328. The van der Waals surface area contributed by atoms with E-state index in [-0.39, 0.29) is 18.0 Å². The minimum Gasteiger partial charge on any atom is -0.368 e. The number of nitrogens with two attached hydrogens (primary N) is 2. The Morgan fingerprint density at radius 2 is 2.05 bits per heavy atom. The molecule has 0 spiro atoms. The maximum Gasteiger partial charge on any atom is 0.239 e. The van der Waals surface area contributed by atoms with Crippen LogP contribution in [0.25, 0.3) is 0 Å². The molecule has 0 aliphatic heterocycles. The molecule has 0 bridgehead atoms. The van der Waals surface area contributed by atoms with Crippen molar-refractivity contribution in [3.05, 3.63) is 12.4 Å².